The predicted octanol–water partition coefficient (Wildman–Crippen LogP) is 3.30. The summed E-state index contributed by atoms with van der Waals surface area (Å²) in [5.41, 5.74) is 7.42. The standard InChI is InChI=1S/C20H18F2N4O3.C2HF3O2/c21-19(22)15(9-23)8-18-24-25-20(27)26(18)10-12-1-3-13(4-2-12)14-5-6-16-17(7-14)29-11-28-16;3-2(4,5)1(6)7/h1-7H,8-11,23H2,(H,25,27);(H,6,7). The Hall–Kier alpha value is -4.20. The third-order valence-corrected chi connectivity index (χ3v) is 4.97. The molecule has 1 aliphatic rings. The maximum Gasteiger partial charge on any atom is 0.490 e. The van der Waals surface area contributed by atoms with Crippen molar-refractivity contribution in [3.05, 3.63) is 76.0 Å². The number of hydrogen-bond donors (Lipinski definition) is 3. The monoisotopic (exact) mass is 514 g/mol. The molecule has 0 radical (unpaired) electrons. The van der Waals surface area contributed by atoms with Crippen LogP contribution in [0.5, 0.6) is 11.5 Å². The Morgan fingerprint density at radius 1 is 1.08 bits per heavy atom. The minimum absolute atomic E-state index is 0.188. The molecule has 2 heterocycles. The van der Waals surface area contributed by atoms with Gasteiger partial charge in [-0.2, -0.15) is 27.1 Å². The van der Waals surface area contributed by atoms with Crippen molar-refractivity contribution in [2.24, 2.45) is 5.73 Å². The molecule has 1 aliphatic heterocycles. The van der Waals surface area contributed by atoms with Crippen molar-refractivity contribution >= 4 is 5.97 Å². The van der Waals surface area contributed by atoms with E-state index in [2.05, 4.69) is 10.2 Å². The van der Waals surface area contributed by atoms with Crippen molar-refractivity contribution in [1.29, 1.82) is 0 Å². The predicted molar refractivity (Wildman–Crippen MR) is 116 cm³/mol. The number of halogens is 5. The lowest BCUT2D eigenvalue weighted by Crippen LogP contribution is -2.21. The Labute approximate surface area is 199 Å². The van der Waals surface area contributed by atoms with Gasteiger partial charge in [-0.05, 0) is 28.8 Å². The van der Waals surface area contributed by atoms with Gasteiger partial charge in [0.1, 0.15) is 5.82 Å². The van der Waals surface area contributed by atoms with Crippen LogP contribution in [0.4, 0.5) is 22.0 Å². The van der Waals surface area contributed by atoms with Gasteiger partial charge >= 0.3 is 17.8 Å². The molecule has 0 amide bonds. The zero-order valence-electron chi connectivity index (χ0n) is 18.3. The first kappa shape index (κ1) is 26.4. The van der Waals surface area contributed by atoms with Crippen molar-refractivity contribution in [1.82, 2.24) is 14.8 Å². The number of hydrogen-bond acceptors (Lipinski definition) is 6. The van der Waals surface area contributed by atoms with Crippen molar-refractivity contribution in [3.63, 3.8) is 0 Å². The van der Waals surface area contributed by atoms with E-state index in [0.717, 1.165) is 16.7 Å². The molecule has 3 aromatic rings. The van der Waals surface area contributed by atoms with Crippen LogP contribution in [0, 0.1) is 0 Å². The summed E-state index contributed by atoms with van der Waals surface area (Å²) in [5.74, 6) is -1.13. The fourth-order valence-electron chi connectivity index (χ4n) is 3.12. The van der Waals surface area contributed by atoms with Crippen LogP contribution >= 0.6 is 0 Å². The SMILES string of the molecule is NCC(Cc1n[nH]c(=O)n1Cc1ccc(-c2ccc3c(c2)OCO3)cc1)=C(F)F.O=C(O)C(F)(F)F. The molecular weight excluding hydrogens is 495 g/mol. The quantitative estimate of drug-likeness (QED) is 0.430. The number of aromatic amines is 1. The number of ether oxygens (including phenoxy) is 2. The normalized spacial score (nSPS) is 12.1. The largest absolute Gasteiger partial charge is 0.490 e. The highest BCUT2D eigenvalue weighted by molar-refractivity contribution is 5.73. The third kappa shape index (κ3) is 6.47. The van der Waals surface area contributed by atoms with Gasteiger partial charge in [-0.15, -0.1) is 0 Å². The molecule has 0 fully saturated rings. The lowest BCUT2D eigenvalue weighted by atomic mass is 10.0. The molecule has 0 spiro atoms. The lowest BCUT2D eigenvalue weighted by molar-refractivity contribution is -0.192. The number of alkyl halides is 3. The number of H-pyrrole nitrogens is 1. The average Bonchev–Trinajstić information content (AvgIpc) is 3.44. The molecule has 0 aliphatic carbocycles. The number of nitrogens with one attached hydrogen (secondary N) is 1. The van der Waals surface area contributed by atoms with E-state index in [4.69, 9.17) is 25.1 Å². The number of carbonyl (C=O) groups is 1. The average molecular weight is 514 g/mol. The summed E-state index contributed by atoms with van der Waals surface area (Å²) >= 11 is 0. The van der Waals surface area contributed by atoms with Crippen molar-refractivity contribution in [2.75, 3.05) is 13.3 Å². The molecule has 0 saturated carbocycles. The van der Waals surface area contributed by atoms with Crippen LogP contribution in [0.15, 0.2) is 58.9 Å². The van der Waals surface area contributed by atoms with Crippen LogP contribution < -0.4 is 20.9 Å². The van der Waals surface area contributed by atoms with E-state index in [1.807, 2.05) is 42.5 Å². The maximum atomic E-state index is 12.9. The molecule has 0 bridgehead atoms. The Balaban J connectivity index is 0.000000454. The first-order chi connectivity index (χ1) is 17.0. The summed E-state index contributed by atoms with van der Waals surface area (Å²) in [6, 6.07) is 13.3. The fourth-order valence-corrected chi connectivity index (χ4v) is 3.12. The van der Waals surface area contributed by atoms with Crippen LogP contribution in [0.1, 0.15) is 11.4 Å². The van der Waals surface area contributed by atoms with Crippen molar-refractivity contribution in [2.45, 2.75) is 19.1 Å². The number of aliphatic carboxylic acids is 1. The lowest BCUT2D eigenvalue weighted by Gasteiger charge is -2.09. The summed E-state index contributed by atoms with van der Waals surface area (Å²) in [6.07, 6.45) is -7.12. The van der Waals surface area contributed by atoms with E-state index in [-0.39, 0.29) is 37.7 Å². The maximum absolute atomic E-state index is 12.9. The topological polar surface area (TPSA) is 132 Å². The number of benzene rings is 2. The molecule has 0 unspecified atom stereocenters. The van der Waals surface area contributed by atoms with Crippen LogP contribution in [0.2, 0.25) is 0 Å². The fraction of sp³-hybridized carbons (Fsp3) is 0.227. The molecule has 9 nitrogen and oxygen atoms in total. The van der Waals surface area contributed by atoms with Gasteiger partial charge in [0.25, 0.3) is 6.08 Å². The molecule has 36 heavy (non-hydrogen) atoms. The Bertz CT molecular complexity index is 1310. The van der Waals surface area contributed by atoms with E-state index in [1.165, 1.54) is 4.57 Å². The Morgan fingerprint density at radius 2 is 1.69 bits per heavy atom. The molecular formula is C22H19F5N4O5. The van der Waals surface area contributed by atoms with E-state index in [1.54, 1.807) is 0 Å². The third-order valence-electron chi connectivity index (χ3n) is 4.97. The zero-order valence-corrected chi connectivity index (χ0v) is 18.3. The molecule has 2 aromatic carbocycles. The van der Waals surface area contributed by atoms with Gasteiger partial charge in [0.2, 0.25) is 6.79 Å². The number of nitrogens with zero attached hydrogens (tertiary/aromatic N) is 2. The molecule has 192 valence electrons. The van der Waals surface area contributed by atoms with Crippen LogP contribution in [0.25, 0.3) is 11.1 Å². The minimum Gasteiger partial charge on any atom is -0.475 e. The first-order valence-corrected chi connectivity index (χ1v) is 10.2. The van der Waals surface area contributed by atoms with E-state index in [0.29, 0.717) is 11.5 Å². The molecule has 4 rings (SSSR count). The Morgan fingerprint density at radius 3 is 2.28 bits per heavy atom. The number of aromatic nitrogens is 3. The number of nitrogens with two attached hydrogens (primary N) is 1. The van der Waals surface area contributed by atoms with Crippen molar-refractivity contribution < 1.29 is 41.3 Å². The van der Waals surface area contributed by atoms with Crippen LogP contribution in [-0.2, 0) is 17.8 Å². The summed E-state index contributed by atoms with van der Waals surface area (Å²) in [4.78, 5) is 21.0. The van der Waals surface area contributed by atoms with Gasteiger partial charge < -0.3 is 20.3 Å². The van der Waals surface area contributed by atoms with Crippen molar-refractivity contribution in [3.8, 4) is 22.6 Å². The first-order valence-electron chi connectivity index (χ1n) is 10.2. The summed E-state index contributed by atoms with van der Waals surface area (Å²) < 4.78 is 69.6. The van der Waals surface area contributed by atoms with Gasteiger partial charge in [0.05, 0.1) is 6.54 Å². The minimum atomic E-state index is -5.08. The smallest absolute Gasteiger partial charge is 0.475 e. The second-order valence-electron chi connectivity index (χ2n) is 7.34. The van der Waals surface area contributed by atoms with E-state index < -0.39 is 23.9 Å². The number of rotatable bonds is 6. The summed E-state index contributed by atoms with van der Waals surface area (Å²) in [6.45, 7) is 0.123. The Kier molecular flexibility index (Phi) is 8.09. The number of carboxylic acids is 1. The molecule has 0 saturated heterocycles. The van der Waals surface area contributed by atoms with Crippen LogP contribution in [0.3, 0.4) is 0 Å². The summed E-state index contributed by atoms with van der Waals surface area (Å²) in [7, 11) is 0. The van der Waals surface area contributed by atoms with Gasteiger partial charge in [-0.25, -0.2) is 14.7 Å². The number of carboxylic acid groups (broad SMARTS) is 1. The van der Waals surface area contributed by atoms with E-state index >= 15 is 0 Å². The highest BCUT2D eigenvalue weighted by Crippen LogP contribution is 2.35. The van der Waals surface area contributed by atoms with Gasteiger partial charge in [0.15, 0.2) is 11.5 Å². The van der Waals surface area contributed by atoms with Gasteiger partial charge in [0, 0.05) is 18.5 Å². The zero-order chi connectivity index (χ0) is 26.5. The highest BCUT2D eigenvalue weighted by atomic mass is 19.4. The number of fused-ring (bicyclic) bond motifs is 1. The second kappa shape index (κ2) is 11.0. The molecule has 14 heteroatoms. The molecule has 4 N–H and O–H groups in total. The second-order valence-corrected chi connectivity index (χ2v) is 7.34. The molecule has 1 aromatic heterocycles. The van der Waals surface area contributed by atoms with Gasteiger partial charge in [-0.3, -0.25) is 4.57 Å². The van der Waals surface area contributed by atoms with Crippen LogP contribution in [-0.4, -0.2) is 45.4 Å². The summed E-state index contributed by atoms with van der Waals surface area (Å²) in [5, 5.41) is 13.3. The molecule has 0 atom stereocenters. The van der Waals surface area contributed by atoms with Gasteiger partial charge in [-0.1, -0.05) is 30.3 Å². The highest BCUT2D eigenvalue weighted by Gasteiger charge is 2.38. The van der Waals surface area contributed by atoms with E-state index in [9.17, 15) is 26.7 Å².